The van der Waals surface area contributed by atoms with E-state index in [4.69, 9.17) is 4.74 Å². The summed E-state index contributed by atoms with van der Waals surface area (Å²) in [6, 6.07) is 0. The summed E-state index contributed by atoms with van der Waals surface area (Å²) in [6.07, 6.45) is 8.12. The normalized spacial score (nSPS) is 16.1. The monoisotopic (exact) mass is 182 g/mol. The lowest BCUT2D eigenvalue weighted by atomic mass is 10.7. The number of thioether (sulfide) groups is 1. The lowest BCUT2D eigenvalue weighted by molar-refractivity contribution is 0.289. The van der Waals surface area contributed by atoms with Crippen molar-refractivity contribution in [3.8, 4) is 5.88 Å². The Morgan fingerprint density at radius 3 is 2.75 bits per heavy atom. The van der Waals surface area contributed by atoms with E-state index in [0.29, 0.717) is 12.0 Å². The Kier molecular flexibility index (Phi) is 2.17. The van der Waals surface area contributed by atoms with Crippen LogP contribution in [0.4, 0.5) is 0 Å². The SMILES string of the molecule is CSc1cnc(OC2CC2)cn1. The zero-order valence-electron chi connectivity index (χ0n) is 6.86. The predicted molar refractivity (Wildman–Crippen MR) is 47.5 cm³/mol. The Labute approximate surface area is 75.6 Å². The zero-order chi connectivity index (χ0) is 8.39. The fourth-order valence-electron chi connectivity index (χ4n) is 0.827. The van der Waals surface area contributed by atoms with E-state index in [0.717, 1.165) is 17.9 Å². The van der Waals surface area contributed by atoms with Gasteiger partial charge in [0.15, 0.2) is 0 Å². The highest BCUT2D eigenvalue weighted by atomic mass is 32.2. The highest BCUT2D eigenvalue weighted by Crippen LogP contribution is 2.25. The minimum atomic E-state index is 0.402. The van der Waals surface area contributed by atoms with Crippen LogP contribution < -0.4 is 4.74 Å². The van der Waals surface area contributed by atoms with Gasteiger partial charge in [0.2, 0.25) is 5.88 Å². The molecule has 0 aromatic carbocycles. The van der Waals surface area contributed by atoms with E-state index in [9.17, 15) is 0 Å². The Morgan fingerprint density at radius 1 is 1.42 bits per heavy atom. The third kappa shape index (κ3) is 1.88. The third-order valence-corrected chi connectivity index (χ3v) is 2.25. The molecule has 0 saturated heterocycles. The molecule has 1 fully saturated rings. The fourth-order valence-corrected chi connectivity index (χ4v) is 1.14. The molecular weight excluding hydrogens is 172 g/mol. The van der Waals surface area contributed by atoms with E-state index in [1.54, 1.807) is 24.2 Å². The molecule has 12 heavy (non-hydrogen) atoms. The summed E-state index contributed by atoms with van der Waals surface area (Å²) in [5, 5.41) is 0.929. The summed E-state index contributed by atoms with van der Waals surface area (Å²) in [6.45, 7) is 0. The maximum absolute atomic E-state index is 5.44. The first kappa shape index (κ1) is 7.86. The number of aromatic nitrogens is 2. The second-order valence-electron chi connectivity index (χ2n) is 2.71. The minimum absolute atomic E-state index is 0.402. The van der Waals surface area contributed by atoms with Crippen LogP contribution in [0, 0.1) is 0 Å². The number of ether oxygens (including phenoxy) is 1. The Bertz CT molecular complexity index is 258. The molecule has 0 aliphatic heterocycles. The van der Waals surface area contributed by atoms with Crippen molar-refractivity contribution in [3.63, 3.8) is 0 Å². The van der Waals surface area contributed by atoms with Crippen LogP contribution in [0.1, 0.15) is 12.8 Å². The number of hydrogen-bond donors (Lipinski definition) is 0. The van der Waals surface area contributed by atoms with Gasteiger partial charge in [-0.05, 0) is 19.1 Å². The molecule has 4 heteroatoms. The summed E-state index contributed by atoms with van der Waals surface area (Å²) >= 11 is 1.58. The van der Waals surface area contributed by atoms with E-state index in [-0.39, 0.29) is 0 Å². The van der Waals surface area contributed by atoms with Crippen molar-refractivity contribution >= 4 is 11.8 Å². The van der Waals surface area contributed by atoms with Gasteiger partial charge in [0.1, 0.15) is 11.1 Å². The standard InChI is InChI=1S/C8H10N2OS/c1-12-8-5-9-7(4-10-8)11-6-2-3-6/h4-6H,2-3H2,1H3. The number of rotatable bonds is 3. The highest BCUT2D eigenvalue weighted by Gasteiger charge is 2.23. The minimum Gasteiger partial charge on any atom is -0.473 e. The van der Waals surface area contributed by atoms with Crippen molar-refractivity contribution < 1.29 is 4.74 Å². The molecule has 1 heterocycles. The van der Waals surface area contributed by atoms with Gasteiger partial charge in [-0.1, -0.05) is 0 Å². The van der Waals surface area contributed by atoms with E-state index in [1.165, 1.54) is 0 Å². The molecule has 0 amide bonds. The molecule has 1 aliphatic carbocycles. The lowest BCUT2D eigenvalue weighted by Gasteiger charge is -2.01. The van der Waals surface area contributed by atoms with Gasteiger partial charge in [0.05, 0.1) is 12.4 Å². The number of nitrogens with zero attached hydrogens (tertiary/aromatic N) is 2. The van der Waals surface area contributed by atoms with Crippen molar-refractivity contribution in [2.45, 2.75) is 24.0 Å². The Hall–Kier alpha value is -0.770. The van der Waals surface area contributed by atoms with Crippen LogP contribution in [0.5, 0.6) is 5.88 Å². The lowest BCUT2D eigenvalue weighted by Crippen LogP contribution is -1.98. The summed E-state index contributed by atoms with van der Waals surface area (Å²) < 4.78 is 5.44. The van der Waals surface area contributed by atoms with Gasteiger partial charge >= 0.3 is 0 Å². The summed E-state index contributed by atoms with van der Waals surface area (Å²) in [5.74, 6) is 0.648. The van der Waals surface area contributed by atoms with Crippen molar-refractivity contribution in [2.24, 2.45) is 0 Å². The van der Waals surface area contributed by atoms with Crippen molar-refractivity contribution in [1.82, 2.24) is 9.97 Å². The van der Waals surface area contributed by atoms with Gasteiger partial charge in [0, 0.05) is 0 Å². The van der Waals surface area contributed by atoms with Crippen LogP contribution in [-0.4, -0.2) is 22.3 Å². The van der Waals surface area contributed by atoms with Crippen LogP contribution in [0.15, 0.2) is 17.4 Å². The molecule has 3 nitrogen and oxygen atoms in total. The van der Waals surface area contributed by atoms with Crippen molar-refractivity contribution in [1.29, 1.82) is 0 Å². The highest BCUT2D eigenvalue weighted by molar-refractivity contribution is 7.98. The van der Waals surface area contributed by atoms with E-state index in [2.05, 4.69) is 9.97 Å². The van der Waals surface area contributed by atoms with Crippen LogP contribution in [0.2, 0.25) is 0 Å². The molecular formula is C8H10N2OS. The first-order valence-corrected chi connectivity index (χ1v) is 5.13. The van der Waals surface area contributed by atoms with Crippen LogP contribution in [0.3, 0.4) is 0 Å². The van der Waals surface area contributed by atoms with Gasteiger partial charge in [-0.3, -0.25) is 0 Å². The van der Waals surface area contributed by atoms with Gasteiger partial charge in [-0.2, -0.15) is 0 Å². The molecule has 0 radical (unpaired) electrons. The summed E-state index contributed by atoms with van der Waals surface area (Å²) in [4.78, 5) is 8.28. The van der Waals surface area contributed by atoms with Gasteiger partial charge in [-0.25, -0.2) is 9.97 Å². The Balaban J connectivity index is 2.02. The van der Waals surface area contributed by atoms with Crippen LogP contribution >= 0.6 is 11.8 Å². The average Bonchev–Trinajstić information content (AvgIpc) is 2.90. The molecule has 1 saturated carbocycles. The molecule has 0 N–H and O–H groups in total. The van der Waals surface area contributed by atoms with Gasteiger partial charge in [-0.15, -0.1) is 11.8 Å². The molecule has 2 rings (SSSR count). The third-order valence-electron chi connectivity index (χ3n) is 1.63. The fraction of sp³-hybridized carbons (Fsp3) is 0.500. The molecule has 0 spiro atoms. The van der Waals surface area contributed by atoms with Gasteiger partial charge in [0.25, 0.3) is 0 Å². The maximum Gasteiger partial charge on any atom is 0.232 e. The first-order valence-electron chi connectivity index (χ1n) is 3.91. The van der Waals surface area contributed by atoms with E-state index >= 15 is 0 Å². The van der Waals surface area contributed by atoms with Crippen LogP contribution in [-0.2, 0) is 0 Å². The maximum atomic E-state index is 5.44. The molecule has 0 atom stereocenters. The molecule has 0 unspecified atom stereocenters. The zero-order valence-corrected chi connectivity index (χ0v) is 7.67. The molecule has 1 aromatic heterocycles. The summed E-state index contributed by atoms with van der Waals surface area (Å²) in [7, 11) is 0. The van der Waals surface area contributed by atoms with Crippen molar-refractivity contribution in [2.75, 3.05) is 6.26 Å². The molecule has 1 aliphatic rings. The first-order chi connectivity index (χ1) is 5.88. The van der Waals surface area contributed by atoms with E-state index in [1.807, 2.05) is 6.26 Å². The summed E-state index contributed by atoms with van der Waals surface area (Å²) in [5.41, 5.74) is 0. The largest absolute Gasteiger partial charge is 0.473 e. The van der Waals surface area contributed by atoms with Crippen molar-refractivity contribution in [3.05, 3.63) is 12.4 Å². The number of hydrogen-bond acceptors (Lipinski definition) is 4. The quantitative estimate of drug-likeness (QED) is 0.667. The Morgan fingerprint density at radius 2 is 2.25 bits per heavy atom. The molecule has 1 aromatic rings. The van der Waals surface area contributed by atoms with E-state index < -0.39 is 0 Å². The van der Waals surface area contributed by atoms with Gasteiger partial charge < -0.3 is 4.74 Å². The molecule has 64 valence electrons. The second-order valence-corrected chi connectivity index (χ2v) is 3.54. The predicted octanol–water partition coefficient (Wildman–Crippen LogP) is 1.74. The topological polar surface area (TPSA) is 35.0 Å². The van der Waals surface area contributed by atoms with Crippen LogP contribution in [0.25, 0.3) is 0 Å². The molecule has 0 bridgehead atoms. The second kappa shape index (κ2) is 3.31. The average molecular weight is 182 g/mol. The smallest absolute Gasteiger partial charge is 0.232 e.